The minimum atomic E-state index is -0.595. The van der Waals surface area contributed by atoms with Crippen LogP contribution in [0.15, 0.2) is 0 Å². The largest absolute Gasteiger partial charge is 0.346 e. The van der Waals surface area contributed by atoms with E-state index in [2.05, 4.69) is 10.3 Å². The lowest BCUT2D eigenvalue weighted by Crippen LogP contribution is -2.47. The summed E-state index contributed by atoms with van der Waals surface area (Å²) in [7, 11) is 1.73. The van der Waals surface area contributed by atoms with Crippen LogP contribution in [0.2, 0.25) is 0 Å². The van der Waals surface area contributed by atoms with Crippen molar-refractivity contribution in [2.24, 2.45) is 11.7 Å². The Hall–Kier alpha value is -0.890. The van der Waals surface area contributed by atoms with Gasteiger partial charge in [-0.05, 0) is 26.7 Å². The number of carbonyl (C=O) groups is 2. The molecule has 0 bridgehead atoms. The first kappa shape index (κ1) is 25.4. The number of aromatic nitrogens is 1. The van der Waals surface area contributed by atoms with E-state index in [-0.39, 0.29) is 55.1 Å². The van der Waals surface area contributed by atoms with Gasteiger partial charge in [0.05, 0.1) is 29.3 Å². The number of carbonyl (C=O) groups excluding carboxylic acids is 2. The van der Waals surface area contributed by atoms with Crippen LogP contribution in [0.3, 0.4) is 0 Å². The van der Waals surface area contributed by atoms with Crippen molar-refractivity contribution < 1.29 is 9.59 Å². The third kappa shape index (κ3) is 6.55. The van der Waals surface area contributed by atoms with E-state index in [1.807, 2.05) is 34.6 Å². The maximum Gasteiger partial charge on any atom is 0.242 e. The predicted molar refractivity (Wildman–Crippen MR) is 103 cm³/mol. The maximum atomic E-state index is 12.2. The van der Waals surface area contributed by atoms with Gasteiger partial charge in [-0.15, -0.1) is 36.2 Å². The molecule has 2 amide bonds. The van der Waals surface area contributed by atoms with Gasteiger partial charge in [-0.1, -0.05) is 13.8 Å². The summed E-state index contributed by atoms with van der Waals surface area (Å²) < 4.78 is 0. The van der Waals surface area contributed by atoms with Gasteiger partial charge in [0.25, 0.3) is 0 Å². The third-order valence-electron chi connectivity index (χ3n) is 3.73. The Bertz CT molecular complexity index is 552. The highest BCUT2D eigenvalue weighted by molar-refractivity contribution is 7.11. The number of amides is 2. The lowest BCUT2D eigenvalue weighted by atomic mass is 10.1. The Kier molecular flexibility index (Phi) is 11.5. The zero-order chi connectivity index (χ0) is 17.0. The molecule has 6 nitrogen and oxygen atoms in total. The topological polar surface area (TPSA) is 88.3 Å². The summed E-state index contributed by atoms with van der Waals surface area (Å²) in [6.07, 6.45) is 0. The summed E-state index contributed by atoms with van der Waals surface area (Å²) in [5, 5.41) is 3.59. The fourth-order valence-electron chi connectivity index (χ4n) is 2.03. The van der Waals surface area contributed by atoms with Crippen molar-refractivity contribution in [3.05, 3.63) is 15.6 Å². The van der Waals surface area contributed by atoms with Gasteiger partial charge in [-0.25, -0.2) is 4.98 Å². The number of nitrogens with zero attached hydrogens (tertiary/aromatic N) is 2. The summed E-state index contributed by atoms with van der Waals surface area (Å²) in [4.78, 5) is 31.1. The standard InChI is InChI=1S/C15H26N4O2S.2ClH/c1-8(2)13(16)15(21)17-7-12(20)19(6)10(4)14-9(3)18-11(5)22-14;;/h8,10,13H,7,16H2,1-6H3,(H,17,21);2*1H/t10?,13-;;/m0../s1. The van der Waals surface area contributed by atoms with E-state index in [9.17, 15) is 9.59 Å². The minimum Gasteiger partial charge on any atom is -0.346 e. The lowest BCUT2D eigenvalue weighted by molar-refractivity contribution is -0.133. The Morgan fingerprint density at radius 2 is 1.79 bits per heavy atom. The molecule has 0 spiro atoms. The second-order valence-corrected chi connectivity index (χ2v) is 7.09. The monoisotopic (exact) mass is 398 g/mol. The van der Waals surface area contributed by atoms with Crippen molar-refractivity contribution in [3.8, 4) is 0 Å². The highest BCUT2D eigenvalue weighted by atomic mass is 35.5. The number of halogens is 2. The molecule has 0 aliphatic rings. The van der Waals surface area contributed by atoms with Gasteiger partial charge in [0.2, 0.25) is 11.8 Å². The Balaban J connectivity index is 0. The second kappa shape index (κ2) is 10.9. The highest BCUT2D eigenvalue weighted by Gasteiger charge is 2.23. The summed E-state index contributed by atoms with van der Waals surface area (Å²) in [6.45, 7) is 9.54. The van der Waals surface area contributed by atoms with Crippen LogP contribution in [-0.4, -0.2) is 41.3 Å². The first-order valence-electron chi connectivity index (χ1n) is 7.38. The smallest absolute Gasteiger partial charge is 0.242 e. The average Bonchev–Trinajstić information content (AvgIpc) is 2.80. The maximum absolute atomic E-state index is 12.2. The van der Waals surface area contributed by atoms with Crippen molar-refractivity contribution in [1.29, 1.82) is 0 Å². The molecule has 0 aromatic carbocycles. The van der Waals surface area contributed by atoms with Gasteiger partial charge in [0.1, 0.15) is 0 Å². The van der Waals surface area contributed by atoms with E-state index in [0.717, 1.165) is 15.6 Å². The van der Waals surface area contributed by atoms with E-state index < -0.39 is 6.04 Å². The van der Waals surface area contributed by atoms with Crippen LogP contribution >= 0.6 is 36.2 Å². The molecular weight excluding hydrogens is 371 g/mol. The molecule has 140 valence electrons. The highest BCUT2D eigenvalue weighted by Crippen LogP contribution is 2.28. The first-order chi connectivity index (χ1) is 10.1. The van der Waals surface area contributed by atoms with Crippen molar-refractivity contribution in [2.75, 3.05) is 13.6 Å². The van der Waals surface area contributed by atoms with Gasteiger partial charge in [0, 0.05) is 11.9 Å². The van der Waals surface area contributed by atoms with Crippen molar-refractivity contribution in [1.82, 2.24) is 15.2 Å². The number of hydrogen-bond acceptors (Lipinski definition) is 5. The summed E-state index contributed by atoms with van der Waals surface area (Å²) in [5.41, 5.74) is 6.70. The Morgan fingerprint density at radius 1 is 1.25 bits per heavy atom. The fraction of sp³-hybridized carbons (Fsp3) is 0.667. The molecule has 9 heteroatoms. The van der Waals surface area contributed by atoms with Crippen LogP contribution < -0.4 is 11.1 Å². The molecule has 0 radical (unpaired) electrons. The molecule has 0 aliphatic heterocycles. The predicted octanol–water partition coefficient (Wildman–Crippen LogP) is 2.22. The fourth-order valence-corrected chi connectivity index (χ4v) is 3.06. The average molecular weight is 399 g/mol. The molecule has 1 unspecified atom stereocenters. The molecule has 0 saturated heterocycles. The molecule has 0 saturated carbocycles. The van der Waals surface area contributed by atoms with Gasteiger partial charge in [-0.2, -0.15) is 0 Å². The number of rotatable bonds is 6. The second-order valence-electron chi connectivity index (χ2n) is 5.85. The molecule has 24 heavy (non-hydrogen) atoms. The molecule has 1 heterocycles. The third-order valence-corrected chi connectivity index (χ3v) is 4.97. The number of likely N-dealkylation sites (N-methyl/N-ethyl adjacent to an activating group) is 1. The van der Waals surface area contributed by atoms with Gasteiger partial charge in [-0.3, -0.25) is 9.59 Å². The first-order valence-corrected chi connectivity index (χ1v) is 8.19. The zero-order valence-corrected chi connectivity index (χ0v) is 17.4. The Morgan fingerprint density at radius 3 is 2.21 bits per heavy atom. The van der Waals surface area contributed by atoms with E-state index in [0.29, 0.717) is 0 Å². The van der Waals surface area contributed by atoms with E-state index in [1.54, 1.807) is 23.3 Å². The zero-order valence-electron chi connectivity index (χ0n) is 15.0. The summed E-state index contributed by atoms with van der Waals surface area (Å²) in [5.74, 6) is -0.411. The number of nitrogens with two attached hydrogens (primary N) is 1. The van der Waals surface area contributed by atoms with Gasteiger partial charge in [0.15, 0.2) is 0 Å². The molecule has 3 N–H and O–H groups in total. The number of hydrogen-bond donors (Lipinski definition) is 2. The number of aryl methyl sites for hydroxylation is 2. The minimum absolute atomic E-state index is 0. The quantitative estimate of drug-likeness (QED) is 0.768. The number of thiazole rings is 1. The summed E-state index contributed by atoms with van der Waals surface area (Å²) >= 11 is 1.59. The van der Waals surface area contributed by atoms with Crippen LogP contribution in [0.1, 0.15) is 42.4 Å². The van der Waals surface area contributed by atoms with Crippen LogP contribution in [0.25, 0.3) is 0 Å². The van der Waals surface area contributed by atoms with Crippen molar-refractivity contribution >= 4 is 48.0 Å². The van der Waals surface area contributed by atoms with E-state index in [4.69, 9.17) is 5.73 Å². The van der Waals surface area contributed by atoms with Crippen LogP contribution in [0.4, 0.5) is 0 Å². The van der Waals surface area contributed by atoms with Crippen molar-refractivity contribution in [3.63, 3.8) is 0 Å². The molecule has 2 atom stereocenters. The molecule has 0 fully saturated rings. The van der Waals surface area contributed by atoms with Crippen LogP contribution in [0.5, 0.6) is 0 Å². The molecule has 1 aromatic rings. The van der Waals surface area contributed by atoms with Crippen LogP contribution in [-0.2, 0) is 9.59 Å². The Labute approximate surface area is 160 Å². The van der Waals surface area contributed by atoms with Crippen molar-refractivity contribution in [2.45, 2.75) is 46.7 Å². The molecular formula is C15H28Cl2N4O2S. The van der Waals surface area contributed by atoms with E-state index >= 15 is 0 Å². The summed E-state index contributed by atoms with van der Waals surface area (Å²) in [6, 6.07) is -0.670. The molecule has 0 aliphatic carbocycles. The lowest BCUT2D eigenvalue weighted by Gasteiger charge is -2.25. The molecule has 1 rings (SSSR count). The van der Waals surface area contributed by atoms with Crippen LogP contribution in [0, 0.1) is 19.8 Å². The number of nitrogens with one attached hydrogen (secondary N) is 1. The SMILES string of the molecule is Cc1nc(C)c(C(C)N(C)C(=O)CNC(=O)[C@@H](N)C(C)C)s1.Cl.Cl. The van der Waals surface area contributed by atoms with Gasteiger partial charge < -0.3 is 16.0 Å². The van der Waals surface area contributed by atoms with Gasteiger partial charge >= 0.3 is 0 Å². The van der Waals surface area contributed by atoms with E-state index in [1.165, 1.54) is 0 Å². The normalized spacial score (nSPS) is 12.7. The molecule has 1 aromatic heterocycles.